The topological polar surface area (TPSA) is 37.3 Å². The second-order valence-electron chi connectivity index (χ2n) is 7.18. The van der Waals surface area contributed by atoms with Gasteiger partial charge in [-0.1, -0.05) is 71.1 Å². The van der Waals surface area contributed by atoms with Crippen LogP contribution >= 0.6 is 0 Å². The molecule has 124 valence electrons. The Labute approximate surface area is 131 Å². The predicted molar refractivity (Wildman–Crippen MR) is 89.6 cm³/mol. The molecule has 1 rings (SSSR count). The molecule has 1 aliphatic carbocycles. The standard InChI is InChI=1S/C19H36O2/c1-2-3-4-5-8-11-14-19(16-17-19)15-12-9-6-7-10-13-18(20)21/h2-17H2,1H3,(H,20,21). The summed E-state index contributed by atoms with van der Waals surface area (Å²) in [5.74, 6) is -0.647. The molecular weight excluding hydrogens is 260 g/mol. The molecule has 2 nitrogen and oxygen atoms in total. The summed E-state index contributed by atoms with van der Waals surface area (Å²) in [6.07, 6.45) is 20.6. The van der Waals surface area contributed by atoms with Crippen LogP contribution in [-0.4, -0.2) is 11.1 Å². The lowest BCUT2D eigenvalue weighted by molar-refractivity contribution is -0.137. The predicted octanol–water partition coefficient (Wildman–Crippen LogP) is 6.33. The maximum atomic E-state index is 10.4. The molecule has 1 aliphatic rings. The highest BCUT2D eigenvalue weighted by atomic mass is 16.4. The summed E-state index contributed by atoms with van der Waals surface area (Å²) < 4.78 is 0. The molecule has 0 bridgehead atoms. The van der Waals surface area contributed by atoms with E-state index >= 15 is 0 Å². The van der Waals surface area contributed by atoms with Crippen LogP contribution in [0, 0.1) is 5.41 Å². The molecule has 0 atom stereocenters. The van der Waals surface area contributed by atoms with Gasteiger partial charge in [-0.15, -0.1) is 0 Å². The number of carbonyl (C=O) groups is 1. The Morgan fingerprint density at radius 2 is 1.29 bits per heavy atom. The SMILES string of the molecule is CCCCCCCCC1(CCCCCCCC(=O)O)CC1. The van der Waals surface area contributed by atoms with Crippen LogP contribution in [0.5, 0.6) is 0 Å². The van der Waals surface area contributed by atoms with Gasteiger partial charge in [-0.25, -0.2) is 0 Å². The first-order chi connectivity index (χ1) is 10.2. The Balaban J connectivity index is 1.88. The van der Waals surface area contributed by atoms with E-state index in [1.807, 2.05) is 0 Å². The van der Waals surface area contributed by atoms with Gasteiger partial charge in [0.15, 0.2) is 0 Å². The van der Waals surface area contributed by atoms with Crippen molar-refractivity contribution in [2.75, 3.05) is 0 Å². The summed E-state index contributed by atoms with van der Waals surface area (Å²) in [5, 5.41) is 8.58. The fraction of sp³-hybridized carbons (Fsp3) is 0.947. The van der Waals surface area contributed by atoms with Crippen LogP contribution in [0.25, 0.3) is 0 Å². The normalized spacial score (nSPS) is 16.0. The number of carboxylic acid groups (broad SMARTS) is 1. The molecule has 2 heteroatoms. The number of hydrogen-bond donors (Lipinski definition) is 1. The molecule has 1 N–H and O–H groups in total. The first-order valence-corrected chi connectivity index (χ1v) is 9.40. The van der Waals surface area contributed by atoms with E-state index in [1.54, 1.807) is 0 Å². The highest BCUT2D eigenvalue weighted by molar-refractivity contribution is 5.66. The minimum absolute atomic E-state index is 0.349. The van der Waals surface area contributed by atoms with Crippen LogP contribution < -0.4 is 0 Å². The molecule has 0 spiro atoms. The van der Waals surface area contributed by atoms with Crippen molar-refractivity contribution in [1.82, 2.24) is 0 Å². The van der Waals surface area contributed by atoms with Gasteiger partial charge in [0.2, 0.25) is 0 Å². The van der Waals surface area contributed by atoms with E-state index in [0.29, 0.717) is 6.42 Å². The smallest absolute Gasteiger partial charge is 0.303 e. The van der Waals surface area contributed by atoms with Gasteiger partial charge >= 0.3 is 5.97 Å². The van der Waals surface area contributed by atoms with Crippen molar-refractivity contribution in [2.24, 2.45) is 5.41 Å². The summed E-state index contributed by atoms with van der Waals surface area (Å²) >= 11 is 0. The monoisotopic (exact) mass is 296 g/mol. The summed E-state index contributed by atoms with van der Waals surface area (Å²) in [7, 11) is 0. The van der Waals surface area contributed by atoms with Crippen molar-refractivity contribution in [3.05, 3.63) is 0 Å². The Kier molecular flexibility index (Phi) is 9.78. The first-order valence-electron chi connectivity index (χ1n) is 9.40. The lowest BCUT2D eigenvalue weighted by Crippen LogP contribution is -2.00. The molecule has 0 aromatic rings. The summed E-state index contributed by atoms with van der Waals surface area (Å²) in [5.41, 5.74) is 0.742. The third kappa shape index (κ3) is 9.92. The summed E-state index contributed by atoms with van der Waals surface area (Å²) in [6, 6.07) is 0. The molecular formula is C19H36O2. The van der Waals surface area contributed by atoms with E-state index in [9.17, 15) is 4.79 Å². The van der Waals surface area contributed by atoms with Crippen LogP contribution in [0.1, 0.15) is 110 Å². The number of hydrogen-bond acceptors (Lipinski definition) is 1. The van der Waals surface area contributed by atoms with Gasteiger partial charge in [-0.05, 0) is 37.5 Å². The molecule has 0 saturated heterocycles. The minimum atomic E-state index is -0.647. The zero-order valence-corrected chi connectivity index (χ0v) is 14.2. The van der Waals surface area contributed by atoms with E-state index in [1.165, 1.54) is 83.5 Å². The van der Waals surface area contributed by atoms with E-state index < -0.39 is 5.97 Å². The molecule has 0 amide bonds. The maximum Gasteiger partial charge on any atom is 0.303 e. The Morgan fingerprint density at radius 1 is 0.810 bits per heavy atom. The number of aliphatic carboxylic acids is 1. The van der Waals surface area contributed by atoms with Gasteiger partial charge in [-0.3, -0.25) is 4.79 Å². The summed E-state index contributed by atoms with van der Waals surface area (Å²) in [4.78, 5) is 10.4. The van der Waals surface area contributed by atoms with Crippen molar-refractivity contribution < 1.29 is 9.90 Å². The molecule has 21 heavy (non-hydrogen) atoms. The van der Waals surface area contributed by atoms with Crippen molar-refractivity contribution >= 4 is 5.97 Å². The summed E-state index contributed by atoms with van der Waals surface area (Å²) in [6.45, 7) is 2.28. The lowest BCUT2D eigenvalue weighted by atomic mass is 9.91. The average Bonchev–Trinajstić information content (AvgIpc) is 3.22. The Bertz CT molecular complexity index is 269. The van der Waals surface area contributed by atoms with Gasteiger partial charge < -0.3 is 5.11 Å². The van der Waals surface area contributed by atoms with E-state index in [0.717, 1.165) is 18.3 Å². The first kappa shape index (κ1) is 18.5. The largest absolute Gasteiger partial charge is 0.481 e. The van der Waals surface area contributed by atoms with E-state index in [2.05, 4.69) is 6.92 Å². The average molecular weight is 296 g/mol. The van der Waals surface area contributed by atoms with Gasteiger partial charge in [-0.2, -0.15) is 0 Å². The third-order valence-corrected chi connectivity index (χ3v) is 5.12. The second kappa shape index (κ2) is 11.1. The van der Waals surface area contributed by atoms with Gasteiger partial charge in [0.05, 0.1) is 0 Å². The number of rotatable bonds is 15. The minimum Gasteiger partial charge on any atom is -0.481 e. The molecule has 1 fully saturated rings. The molecule has 0 radical (unpaired) electrons. The van der Waals surface area contributed by atoms with E-state index in [-0.39, 0.29) is 0 Å². The molecule has 0 unspecified atom stereocenters. The fourth-order valence-corrected chi connectivity index (χ4v) is 3.39. The zero-order valence-electron chi connectivity index (χ0n) is 14.2. The highest BCUT2D eigenvalue weighted by Gasteiger charge is 2.40. The molecule has 0 aromatic carbocycles. The van der Waals surface area contributed by atoms with Crippen LogP contribution in [0.4, 0.5) is 0 Å². The maximum absolute atomic E-state index is 10.4. The fourth-order valence-electron chi connectivity index (χ4n) is 3.39. The van der Waals surface area contributed by atoms with Crippen LogP contribution in [-0.2, 0) is 4.79 Å². The second-order valence-corrected chi connectivity index (χ2v) is 7.18. The number of carboxylic acids is 1. The van der Waals surface area contributed by atoms with Crippen molar-refractivity contribution in [3.8, 4) is 0 Å². The quantitative estimate of drug-likeness (QED) is 0.358. The lowest BCUT2D eigenvalue weighted by Gasteiger charge is -2.14. The van der Waals surface area contributed by atoms with Gasteiger partial charge in [0, 0.05) is 6.42 Å². The Morgan fingerprint density at radius 3 is 1.76 bits per heavy atom. The van der Waals surface area contributed by atoms with Crippen LogP contribution in [0.3, 0.4) is 0 Å². The molecule has 1 saturated carbocycles. The zero-order chi connectivity index (χ0) is 15.4. The van der Waals surface area contributed by atoms with Crippen LogP contribution in [0.15, 0.2) is 0 Å². The van der Waals surface area contributed by atoms with Crippen molar-refractivity contribution in [2.45, 2.75) is 110 Å². The number of unbranched alkanes of at least 4 members (excludes halogenated alkanes) is 9. The molecule has 0 aliphatic heterocycles. The highest BCUT2D eigenvalue weighted by Crippen LogP contribution is 2.53. The van der Waals surface area contributed by atoms with Crippen molar-refractivity contribution in [1.29, 1.82) is 0 Å². The Hall–Kier alpha value is -0.530. The molecule has 0 heterocycles. The third-order valence-electron chi connectivity index (χ3n) is 5.12. The van der Waals surface area contributed by atoms with Crippen LogP contribution in [0.2, 0.25) is 0 Å². The van der Waals surface area contributed by atoms with Gasteiger partial charge in [0.25, 0.3) is 0 Å². The van der Waals surface area contributed by atoms with Crippen molar-refractivity contribution in [3.63, 3.8) is 0 Å². The van der Waals surface area contributed by atoms with Gasteiger partial charge in [0.1, 0.15) is 0 Å². The van der Waals surface area contributed by atoms with E-state index in [4.69, 9.17) is 5.11 Å². The molecule has 0 aromatic heterocycles.